The third kappa shape index (κ3) is 6.39. The topological polar surface area (TPSA) is 94.2 Å². The molecule has 0 unspecified atom stereocenters. The molecule has 3 aromatic rings. The van der Waals surface area contributed by atoms with E-state index in [4.69, 9.17) is 14.2 Å². The highest BCUT2D eigenvalue weighted by Crippen LogP contribution is 2.33. The van der Waals surface area contributed by atoms with Gasteiger partial charge < -0.3 is 19.5 Å². The maximum Gasteiger partial charge on any atom is 0.243 e. The van der Waals surface area contributed by atoms with Gasteiger partial charge in [-0.1, -0.05) is 30.3 Å². The van der Waals surface area contributed by atoms with E-state index in [0.29, 0.717) is 31.3 Å². The summed E-state index contributed by atoms with van der Waals surface area (Å²) < 4.78 is 44.4. The maximum atomic E-state index is 13.2. The molecule has 0 atom stereocenters. The van der Waals surface area contributed by atoms with E-state index in [-0.39, 0.29) is 36.0 Å². The second-order valence-electron chi connectivity index (χ2n) is 7.89. The number of hydrogen-bond acceptors (Lipinski definition) is 6. The van der Waals surface area contributed by atoms with Crippen molar-refractivity contribution in [3.8, 4) is 17.2 Å². The second kappa shape index (κ2) is 11.4. The zero-order valence-electron chi connectivity index (χ0n) is 19.5. The summed E-state index contributed by atoms with van der Waals surface area (Å²) in [5.41, 5.74) is 1.08. The minimum absolute atomic E-state index is 0.0798. The Morgan fingerprint density at radius 2 is 1.69 bits per heavy atom. The number of amides is 1. The lowest BCUT2D eigenvalue weighted by atomic mass is 10.1. The van der Waals surface area contributed by atoms with Crippen LogP contribution in [0.2, 0.25) is 0 Å². The van der Waals surface area contributed by atoms with Crippen LogP contribution < -0.4 is 14.8 Å². The highest BCUT2D eigenvalue weighted by Gasteiger charge is 2.27. The summed E-state index contributed by atoms with van der Waals surface area (Å²) in [7, 11) is -3.75. The zero-order chi connectivity index (χ0) is 24.7. The Hall–Kier alpha value is -3.40. The lowest BCUT2D eigenvalue weighted by molar-refractivity contribution is -0.115. The minimum Gasteiger partial charge on any atom is -0.494 e. The van der Waals surface area contributed by atoms with E-state index in [1.54, 1.807) is 18.2 Å². The Kier molecular flexibility index (Phi) is 8.02. The van der Waals surface area contributed by atoms with E-state index in [2.05, 4.69) is 5.32 Å². The molecule has 1 fully saturated rings. The number of ether oxygens (including phenoxy) is 3. The first kappa shape index (κ1) is 24.7. The normalized spacial score (nSPS) is 14.3. The molecule has 35 heavy (non-hydrogen) atoms. The molecule has 0 radical (unpaired) electrons. The van der Waals surface area contributed by atoms with Gasteiger partial charge in [0, 0.05) is 13.1 Å². The van der Waals surface area contributed by atoms with Gasteiger partial charge in [0.2, 0.25) is 15.9 Å². The number of nitrogens with one attached hydrogen (secondary N) is 1. The zero-order valence-corrected chi connectivity index (χ0v) is 20.3. The molecule has 0 saturated carbocycles. The minimum atomic E-state index is -3.75. The Morgan fingerprint density at radius 1 is 0.971 bits per heavy atom. The third-order valence-corrected chi connectivity index (χ3v) is 7.30. The van der Waals surface area contributed by atoms with E-state index in [1.807, 2.05) is 49.4 Å². The molecule has 0 aliphatic carbocycles. The fraction of sp³-hybridized carbons (Fsp3) is 0.269. The molecule has 1 aliphatic heterocycles. The van der Waals surface area contributed by atoms with E-state index >= 15 is 0 Å². The van der Waals surface area contributed by atoms with Gasteiger partial charge in [0.05, 0.1) is 36.8 Å². The Balaban J connectivity index is 1.58. The molecule has 3 aromatic carbocycles. The third-order valence-electron chi connectivity index (χ3n) is 5.40. The number of nitrogens with zero attached hydrogens (tertiary/aromatic N) is 1. The van der Waals surface area contributed by atoms with Crippen LogP contribution in [-0.2, 0) is 26.0 Å². The van der Waals surface area contributed by atoms with E-state index < -0.39 is 10.0 Å². The van der Waals surface area contributed by atoms with Crippen molar-refractivity contribution in [2.75, 3.05) is 38.2 Å². The molecule has 8 nitrogen and oxygen atoms in total. The number of carbonyl (C=O) groups excluding carboxylic acids is 1. The number of hydrogen-bond donors (Lipinski definition) is 1. The Labute approximate surface area is 205 Å². The van der Waals surface area contributed by atoms with Crippen molar-refractivity contribution < 1.29 is 27.4 Å². The molecule has 1 amide bonds. The molecule has 0 spiro atoms. The highest BCUT2D eigenvalue weighted by atomic mass is 32.2. The predicted octanol–water partition coefficient (Wildman–Crippen LogP) is 4.08. The summed E-state index contributed by atoms with van der Waals surface area (Å²) in [6, 6.07) is 20.9. The lowest BCUT2D eigenvalue weighted by Gasteiger charge is -2.26. The molecule has 9 heteroatoms. The van der Waals surface area contributed by atoms with Crippen molar-refractivity contribution in [1.29, 1.82) is 0 Å². The van der Waals surface area contributed by atoms with Crippen LogP contribution in [0.3, 0.4) is 0 Å². The maximum absolute atomic E-state index is 13.2. The number of sulfonamides is 1. The Bertz CT molecular complexity index is 1240. The summed E-state index contributed by atoms with van der Waals surface area (Å²) in [5, 5.41) is 2.83. The molecular weight excluding hydrogens is 468 g/mol. The van der Waals surface area contributed by atoms with E-state index in [1.165, 1.54) is 16.4 Å². The summed E-state index contributed by atoms with van der Waals surface area (Å²) in [6.07, 6.45) is 0.109. The van der Waals surface area contributed by atoms with Crippen LogP contribution in [0.5, 0.6) is 17.2 Å². The highest BCUT2D eigenvalue weighted by molar-refractivity contribution is 7.89. The first-order chi connectivity index (χ1) is 17.0. The molecule has 1 heterocycles. The lowest BCUT2D eigenvalue weighted by Crippen LogP contribution is -2.40. The van der Waals surface area contributed by atoms with Gasteiger partial charge in [-0.25, -0.2) is 8.42 Å². The van der Waals surface area contributed by atoms with Crippen molar-refractivity contribution in [2.24, 2.45) is 0 Å². The van der Waals surface area contributed by atoms with Crippen molar-refractivity contribution in [1.82, 2.24) is 4.31 Å². The molecule has 0 bridgehead atoms. The summed E-state index contributed by atoms with van der Waals surface area (Å²) in [5.74, 6) is 1.35. The van der Waals surface area contributed by atoms with E-state index in [9.17, 15) is 13.2 Å². The molecule has 1 aliphatic rings. The first-order valence-electron chi connectivity index (χ1n) is 11.4. The largest absolute Gasteiger partial charge is 0.494 e. The number of benzene rings is 3. The van der Waals surface area contributed by atoms with Crippen LogP contribution in [0.25, 0.3) is 0 Å². The van der Waals surface area contributed by atoms with Gasteiger partial charge in [-0.3, -0.25) is 4.79 Å². The van der Waals surface area contributed by atoms with Gasteiger partial charge in [0.15, 0.2) is 5.75 Å². The van der Waals surface area contributed by atoms with Gasteiger partial charge in [0.1, 0.15) is 11.5 Å². The van der Waals surface area contributed by atoms with Crippen molar-refractivity contribution in [2.45, 2.75) is 18.2 Å². The van der Waals surface area contributed by atoms with Crippen LogP contribution in [0.4, 0.5) is 5.69 Å². The standard InChI is InChI=1S/C26H28N2O6S/c1-2-33-21-10-8-20(9-11-21)18-26(29)27-24-19-23(35(30,31)28-14-16-32-17-15-28)12-13-25(24)34-22-6-4-3-5-7-22/h3-13,19H,2,14-18H2,1H3,(H,27,29). The van der Waals surface area contributed by atoms with Crippen LogP contribution in [0.1, 0.15) is 12.5 Å². The van der Waals surface area contributed by atoms with Crippen LogP contribution in [-0.4, -0.2) is 51.5 Å². The number of carbonyl (C=O) groups is 1. The monoisotopic (exact) mass is 496 g/mol. The Morgan fingerprint density at radius 3 is 2.37 bits per heavy atom. The van der Waals surface area contributed by atoms with Crippen molar-refractivity contribution >= 4 is 21.6 Å². The van der Waals surface area contributed by atoms with Gasteiger partial charge in [-0.15, -0.1) is 0 Å². The van der Waals surface area contributed by atoms with E-state index in [0.717, 1.165) is 11.3 Å². The SMILES string of the molecule is CCOc1ccc(CC(=O)Nc2cc(S(=O)(=O)N3CCOCC3)ccc2Oc2ccccc2)cc1. The number of morpholine rings is 1. The quantitative estimate of drug-likeness (QED) is 0.480. The number of anilines is 1. The molecule has 1 N–H and O–H groups in total. The molecule has 4 rings (SSSR count). The van der Waals surface area contributed by atoms with Crippen LogP contribution in [0.15, 0.2) is 77.7 Å². The second-order valence-corrected chi connectivity index (χ2v) is 9.83. The van der Waals surface area contributed by atoms with Gasteiger partial charge in [-0.2, -0.15) is 4.31 Å². The number of para-hydroxylation sites is 1. The number of rotatable bonds is 9. The predicted molar refractivity (Wildman–Crippen MR) is 132 cm³/mol. The molecule has 1 saturated heterocycles. The summed E-state index contributed by atoms with van der Waals surface area (Å²) in [4.78, 5) is 13.0. The molecule has 184 valence electrons. The molecule has 0 aromatic heterocycles. The average molecular weight is 497 g/mol. The van der Waals surface area contributed by atoms with Gasteiger partial charge >= 0.3 is 0 Å². The van der Waals surface area contributed by atoms with Crippen molar-refractivity contribution in [3.63, 3.8) is 0 Å². The molecular formula is C26H28N2O6S. The van der Waals surface area contributed by atoms with Gasteiger partial charge in [0.25, 0.3) is 0 Å². The van der Waals surface area contributed by atoms with Crippen molar-refractivity contribution in [3.05, 3.63) is 78.4 Å². The fourth-order valence-corrected chi connectivity index (χ4v) is 5.09. The fourth-order valence-electron chi connectivity index (χ4n) is 3.66. The van der Waals surface area contributed by atoms with Crippen LogP contribution >= 0.6 is 0 Å². The smallest absolute Gasteiger partial charge is 0.243 e. The van der Waals surface area contributed by atoms with Crippen LogP contribution in [0, 0.1) is 0 Å². The summed E-state index contributed by atoms with van der Waals surface area (Å²) in [6.45, 7) is 3.73. The summed E-state index contributed by atoms with van der Waals surface area (Å²) >= 11 is 0. The van der Waals surface area contributed by atoms with Gasteiger partial charge in [-0.05, 0) is 55.0 Å². The first-order valence-corrected chi connectivity index (χ1v) is 12.9. The average Bonchev–Trinajstić information content (AvgIpc) is 2.87.